The average molecular weight is 304 g/mol. The van der Waals surface area contributed by atoms with E-state index in [2.05, 4.69) is 9.93 Å². The van der Waals surface area contributed by atoms with Gasteiger partial charge >= 0.3 is 0 Å². The van der Waals surface area contributed by atoms with Crippen molar-refractivity contribution in [3.05, 3.63) is 29.8 Å². The van der Waals surface area contributed by atoms with Gasteiger partial charge in [-0.15, -0.1) is 0 Å². The molecule has 3 saturated carbocycles. The molecule has 0 saturated heterocycles. The molecule has 1 aromatic rings. The van der Waals surface area contributed by atoms with Crippen molar-refractivity contribution in [1.29, 1.82) is 0 Å². The fourth-order valence-corrected chi connectivity index (χ4v) is 4.58. The maximum atomic E-state index is 12.2. The molecule has 1 N–H and O–H groups in total. The van der Waals surface area contributed by atoms with Crippen molar-refractivity contribution in [3.8, 4) is 0 Å². The van der Waals surface area contributed by atoms with Crippen molar-refractivity contribution >= 4 is 15.7 Å². The van der Waals surface area contributed by atoms with E-state index in [-0.39, 0.29) is 4.90 Å². The van der Waals surface area contributed by atoms with Gasteiger partial charge in [0, 0.05) is 5.71 Å². The summed E-state index contributed by atoms with van der Waals surface area (Å²) in [4.78, 5) is 2.71. The number of aryl methyl sites for hydroxylation is 1. The molecule has 3 fully saturated rings. The highest BCUT2D eigenvalue weighted by Crippen LogP contribution is 2.62. The van der Waals surface area contributed by atoms with Crippen LogP contribution in [0.3, 0.4) is 0 Å². The molecular weight excluding hydrogens is 284 g/mol. The van der Waals surface area contributed by atoms with E-state index in [1.807, 2.05) is 6.92 Å². The Bertz CT molecular complexity index is 673. The molecule has 0 amide bonds. The van der Waals surface area contributed by atoms with Gasteiger partial charge in [0.2, 0.25) is 0 Å². The first kappa shape index (κ1) is 13.3. The molecule has 0 aliphatic heterocycles. The van der Waals surface area contributed by atoms with E-state index >= 15 is 0 Å². The Kier molecular flexibility index (Phi) is 2.89. The quantitative estimate of drug-likeness (QED) is 0.873. The molecule has 3 aliphatic rings. The molecule has 3 aliphatic carbocycles. The predicted octanol–water partition coefficient (Wildman–Crippen LogP) is 2.70. The predicted molar refractivity (Wildman–Crippen MR) is 81.4 cm³/mol. The fraction of sp³-hybridized carbons (Fsp3) is 0.562. The molecule has 0 unspecified atom stereocenters. The van der Waals surface area contributed by atoms with E-state index in [4.69, 9.17) is 0 Å². The van der Waals surface area contributed by atoms with E-state index in [9.17, 15) is 8.42 Å². The van der Waals surface area contributed by atoms with Crippen molar-refractivity contribution in [3.63, 3.8) is 0 Å². The summed E-state index contributed by atoms with van der Waals surface area (Å²) in [6, 6.07) is 6.85. The van der Waals surface area contributed by atoms with Crippen LogP contribution >= 0.6 is 0 Å². The SMILES string of the molecule is Cc1ccc(S(=O)(=O)NN=C2C[C@@H]3C[C@H]3[C@H]3C[C@H]3C2)cc1. The summed E-state index contributed by atoms with van der Waals surface area (Å²) < 4.78 is 24.5. The Balaban J connectivity index is 1.49. The summed E-state index contributed by atoms with van der Waals surface area (Å²) in [5.74, 6) is 3.36. The molecule has 0 heterocycles. The van der Waals surface area contributed by atoms with Gasteiger partial charge in [0.25, 0.3) is 10.0 Å². The lowest BCUT2D eigenvalue weighted by atomic mass is 10.1. The second-order valence-corrected chi connectivity index (χ2v) is 8.47. The van der Waals surface area contributed by atoms with Crippen molar-refractivity contribution < 1.29 is 8.42 Å². The van der Waals surface area contributed by atoms with Gasteiger partial charge in [0.1, 0.15) is 0 Å². The number of hydrogen-bond donors (Lipinski definition) is 1. The molecule has 112 valence electrons. The molecule has 5 heteroatoms. The van der Waals surface area contributed by atoms with E-state index in [0.717, 1.165) is 47.8 Å². The number of sulfonamides is 1. The first-order valence-electron chi connectivity index (χ1n) is 7.67. The largest absolute Gasteiger partial charge is 0.276 e. The van der Waals surface area contributed by atoms with Gasteiger partial charge in [-0.05, 0) is 68.4 Å². The Labute approximate surface area is 125 Å². The second kappa shape index (κ2) is 4.57. The van der Waals surface area contributed by atoms with Gasteiger partial charge < -0.3 is 0 Å². The number of hydrazone groups is 1. The summed E-state index contributed by atoms with van der Waals surface area (Å²) in [5, 5.41) is 4.25. The number of fused-ring (bicyclic) bond motifs is 3. The van der Waals surface area contributed by atoms with Crippen LogP contribution in [0.25, 0.3) is 0 Å². The lowest BCUT2D eigenvalue weighted by Crippen LogP contribution is -2.20. The third-order valence-corrected chi connectivity index (χ3v) is 6.38. The Morgan fingerprint density at radius 3 is 2.19 bits per heavy atom. The number of nitrogens with zero attached hydrogens (tertiary/aromatic N) is 1. The molecule has 4 nitrogen and oxygen atoms in total. The zero-order valence-corrected chi connectivity index (χ0v) is 12.9. The van der Waals surface area contributed by atoms with Crippen molar-refractivity contribution in [2.45, 2.75) is 37.5 Å². The fourth-order valence-electron chi connectivity index (χ4n) is 3.73. The summed E-state index contributed by atoms with van der Waals surface area (Å²) >= 11 is 0. The highest BCUT2D eigenvalue weighted by atomic mass is 32.2. The van der Waals surface area contributed by atoms with Crippen molar-refractivity contribution in [2.24, 2.45) is 28.8 Å². The van der Waals surface area contributed by atoms with Crippen molar-refractivity contribution in [1.82, 2.24) is 4.83 Å². The van der Waals surface area contributed by atoms with Crippen LogP contribution in [-0.2, 0) is 10.0 Å². The zero-order chi connectivity index (χ0) is 14.6. The molecule has 4 rings (SSSR count). The molecule has 1 aromatic carbocycles. The van der Waals surface area contributed by atoms with Gasteiger partial charge in [-0.1, -0.05) is 17.7 Å². The standard InChI is InChI=1S/C16H20N2O2S/c1-10-2-4-14(5-3-10)21(19,20)18-17-13-6-11-8-15(11)16-9-12(16)7-13/h2-5,11-12,15-16,18H,6-9H2,1H3/t11-,12-,15-,16+/m1/s1. The lowest BCUT2D eigenvalue weighted by molar-refractivity contribution is 0.584. The van der Waals surface area contributed by atoms with Crippen LogP contribution in [0.5, 0.6) is 0 Å². The number of rotatable bonds is 3. The van der Waals surface area contributed by atoms with E-state index in [1.165, 1.54) is 12.8 Å². The molecule has 0 radical (unpaired) electrons. The molecular formula is C16H20N2O2S. The first-order chi connectivity index (χ1) is 10.0. The summed E-state index contributed by atoms with van der Waals surface area (Å²) in [7, 11) is -3.53. The molecule has 21 heavy (non-hydrogen) atoms. The minimum atomic E-state index is -3.53. The Morgan fingerprint density at radius 2 is 1.62 bits per heavy atom. The van der Waals surface area contributed by atoms with Gasteiger partial charge in [0.15, 0.2) is 0 Å². The first-order valence-corrected chi connectivity index (χ1v) is 9.15. The van der Waals surface area contributed by atoms with Crippen LogP contribution in [0.15, 0.2) is 34.3 Å². The smallest absolute Gasteiger partial charge is 0.200 e. The van der Waals surface area contributed by atoms with Gasteiger partial charge in [-0.3, -0.25) is 0 Å². The van der Waals surface area contributed by atoms with Crippen LogP contribution in [0.2, 0.25) is 0 Å². The van der Waals surface area contributed by atoms with Crippen LogP contribution in [-0.4, -0.2) is 14.1 Å². The summed E-state index contributed by atoms with van der Waals surface area (Å²) in [6.07, 6.45) is 4.61. The van der Waals surface area contributed by atoms with E-state index < -0.39 is 10.0 Å². The molecule has 0 spiro atoms. The third-order valence-electron chi connectivity index (χ3n) is 5.16. The van der Waals surface area contributed by atoms with Crippen LogP contribution in [0.4, 0.5) is 0 Å². The van der Waals surface area contributed by atoms with Gasteiger partial charge in [-0.25, -0.2) is 4.83 Å². The minimum Gasteiger partial charge on any atom is -0.200 e. The number of benzene rings is 1. The monoisotopic (exact) mass is 304 g/mol. The van der Waals surface area contributed by atoms with E-state index in [0.29, 0.717) is 0 Å². The molecule has 4 atom stereocenters. The van der Waals surface area contributed by atoms with Crippen LogP contribution in [0.1, 0.15) is 31.2 Å². The summed E-state index contributed by atoms with van der Waals surface area (Å²) in [5.41, 5.74) is 2.09. The highest BCUT2D eigenvalue weighted by Gasteiger charge is 2.55. The highest BCUT2D eigenvalue weighted by molar-refractivity contribution is 7.89. The average Bonchev–Trinajstić information content (AvgIpc) is 3.29. The maximum Gasteiger partial charge on any atom is 0.276 e. The topological polar surface area (TPSA) is 58.5 Å². The normalized spacial score (nSPS) is 35.6. The van der Waals surface area contributed by atoms with Crippen LogP contribution < -0.4 is 4.83 Å². The second-order valence-electron chi connectivity index (χ2n) is 6.81. The van der Waals surface area contributed by atoms with Crippen LogP contribution in [0, 0.1) is 30.6 Å². The third kappa shape index (κ3) is 2.59. The maximum absolute atomic E-state index is 12.2. The molecule has 0 aromatic heterocycles. The molecule has 0 bridgehead atoms. The number of hydrogen-bond acceptors (Lipinski definition) is 3. The lowest BCUT2D eigenvalue weighted by Gasteiger charge is -2.07. The van der Waals surface area contributed by atoms with E-state index in [1.54, 1.807) is 24.3 Å². The number of nitrogens with one attached hydrogen (secondary N) is 1. The van der Waals surface area contributed by atoms with Gasteiger partial charge in [-0.2, -0.15) is 13.5 Å². The minimum absolute atomic E-state index is 0.277. The van der Waals surface area contributed by atoms with Gasteiger partial charge in [0.05, 0.1) is 4.90 Å². The summed E-state index contributed by atoms with van der Waals surface area (Å²) in [6.45, 7) is 1.94. The Hall–Kier alpha value is -1.36. The van der Waals surface area contributed by atoms with Crippen molar-refractivity contribution in [2.75, 3.05) is 0 Å². The Morgan fingerprint density at radius 1 is 1.05 bits per heavy atom. The zero-order valence-electron chi connectivity index (χ0n) is 12.1.